The van der Waals surface area contributed by atoms with Crippen LogP contribution in [0, 0.1) is 0 Å². The molecule has 2 heterocycles. The van der Waals surface area contributed by atoms with Crippen LogP contribution >= 0.6 is 0 Å². The number of benzene rings is 2. The van der Waals surface area contributed by atoms with Gasteiger partial charge in [0.15, 0.2) is 11.5 Å². The highest BCUT2D eigenvalue weighted by Gasteiger charge is 2.32. The third-order valence-corrected chi connectivity index (χ3v) is 4.53. The number of hydrogen-bond donors (Lipinski definition) is 1. The van der Waals surface area contributed by atoms with Crippen LogP contribution in [0.3, 0.4) is 0 Å². The fourth-order valence-corrected chi connectivity index (χ4v) is 3.30. The number of aromatic nitrogens is 3. The van der Waals surface area contributed by atoms with Gasteiger partial charge in [-0.05, 0) is 24.1 Å². The second-order valence-electron chi connectivity index (χ2n) is 6.55. The Bertz CT molecular complexity index is 1250. The van der Waals surface area contributed by atoms with Crippen molar-refractivity contribution in [2.24, 2.45) is 0 Å². The Balaban J connectivity index is 1.67. The molecule has 6 nitrogen and oxygen atoms in total. The first-order chi connectivity index (χ1) is 14.3. The number of pyridine rings is 1. The van der Waals surface area contributed by atoms with Crippen LogP contribution in [0.15, 0.2) is 54.7 Å². The smallest absolute Gasteiger partial charge is 0.403 e. The minimum Gasteiger partial charge on any atom is -0.403 e. The molecule has 0 atom stereocenters. The zero-order valence-corrected chi connectivity index (χ0v) is 15.5. The molecule has 152 valence electrons. The maximum atomic E-state index is 12.9. The lowest BCUT2D eigenvalue weighted by molar-refractivity contribution is -0.274. The number of para-hydroxylation sites is 2. The van der Waals surface area contributed by atoms with Crippen molar-refractivity contribution < 1.29 is 22.7 Å². The molecular weight excluding hydrogens is 397 g/mol. The number of hydrogen-bond acceptors (Lipinski definition) is 6. The topological polar surface area (TPSA) is 91.0 Å². The number of ether oxygens (including phenoxy) is 1. The molecule has 30 heavy (non-hydrogen) atoms. The minimum absolute atomic E-state index is 0.0432. The number of nitrogens with zero attached hydrogens (tertiary/aromatic N) is 3. The molecule has 0 bridgehead atoms. The molecule has 0 unspecified atom stereocenters. The van der Waals surface area contributed by atoms with E-state index in [0.29, 0.717) is 6.42 Å². The number of aryl methyl sites for hydroxylation is 1. The molecule has 0 saturated carbocycles. The summed E-state index contributed by atoms with van der Waals surface area (Å²) >= 11 is 0. The van der Waals surface area contributed by atoms with E-state index < -0.39 is 12.1 Å². The Morgan fingerprint density at radius 1 is 1.00 bits per heavy atom. The van der Waals surface area contributed by atoms with Gasteiger partial charge in [0, 0.05) is 23.4 Å². The van der Waals surface area contributed by atoms with E-state index in [9.17, 15) is 18.0 Å². The van der Waals surface area contributed by atoms with Crippen molar-refractivity contribution in [1.29, 1.82) is 0 Å². The van der Waals surface area contributed by atoms with Gasteiger partial charge < -0.3 is 10.5 Å². The maximum Gasteiger partial charge on any atom is 0.573 e. The number of nitrogen functional groups attached to an aromatic ring is 1. The van der Waals surface area contributed by atoms with Crippen LogP contribution in [0.4, 0.5) is 19.1 Å². The number of fused-ring (bicyclic) bond motifs is 2. The lowest BCUT2D eigenvalue weighted by Crippen LogP contribution is -2.18. The molecule has 2 N–H and O–H groups in total. The molecule has 0 aliphatic rings. The van der Waals surface area contributed by atoms with E-state index in [1.54, 1.807) is 6.20 Å². The molecule has 2 aromatic heterocycles. The van der Waals surface area contributed by atoms with Gasteiger partial charge in [-0.3, -0.25) is 9.78 Å². The molecule has 9 heteroatoms. The highest BCUT2D eigenvalue weighted by Crippen LogP contribution is 2.31. The lowest BCUT2D eigenvalue weighted by atomic mass is 10.0. The quantitative estimate of drug-likeness (QED) is 0.486. The highest BCUT2D eigenvalue weighted by atomic mass is 19.4. The summed E-state index contributed by atoms with van der Waals surface area (Å²) < 4.78 is 42.1. The van der Waals surface area contributed by atoms with Crippen molar-refractivity contribution >= 4 is 33.5 Å². The minimum atomic E-state index is -4.90. The molecule has 0 aliphatic carbocycles. The van der Waals surface area contributed by atoms with Crippen molar-refractivity contribution in [3.8, 4) is 5.75 Å². The molecule has 4 rings (SSSR count). The van der Waals surface area contributed by atoms with Crippen molar-refractivity contribution in [2.45, 2.75) is 19.2 Å². The summed E-state index contributed by atoms with van der Waals surface area (Å²) in [4.78, 5) is 25.1. The van der Waals surface area contributed by atoms with E-state index in [-0.39, 0.29) is 34.7 Å². The van der Waals surface area contributed by atoms with Crippen molar-refractivity contribution in [2.75, 3.05) is 5.73 Å². The van der Waals surface area contributed by atoms with E-state index in [2.05, 4.69) is 19.7 Å². The molecule has 0 amide bonds. The predicted molar refractivity (Wildman–Crippen MR) is 105 cm³/mol. The summed E-state index contributed by atoms with van der Waals surface area (Å²) in [5, 5.41) is 1.10. The Hall–Kier alpha value is -3.75. The van der Waals surface area contributed by atoms with Gasteiger partial charge in [-0.15, -0.1) is 13.2 Å². The number of rotatable bonds is 5. The SMILES string of the molecule is Nc1nc(C(=O)CCc2cccc3cccnc23)c2cccc(OC(F)(F)F)c2n1. The lowest BCUT2D eigenvalue weighted by Gasteiger charge is -2.12. The summed E-state index contributed by atoms with van der Waals surface area (Å²) in [6, 6.07) is 13.3. The summed E-state index contributed by atoms with van der Waals surface area (Å²) in [6.45, 7) is 0. The Morgan fingerprint density at radius 2 is 1.77 bits per heavy atom. The average Bonchev–Trinajstić information content (AvgIpc) is 2.71. The van der Waals surface area contributed by atoms with Gasteiger partial charge in [-0.2, -0.15) is 0 Å². The monoisotopic (exact) mass is 412 g/mol. The molecule has 0 fully saturated rings. The first kappa shape index (κ1) is 19.6. The largest absolute Gasteiger partial charge is 0.573 e. The van der Waals surface area contributed by atoms with Crippen LogP contribution in [0.25, 0.3) is 21.8 Å². The first-order valence-electron chi connectivity index (χ1n) is 8.99. The molecule has 2 aromatic carbocycles. The highest BCUT2D eigenvalue weighted by molar-refractivity contribution is 6.07. The Kier molecular flexibility index (Phi) is 4.94. The van der Waals surface area contributed by atoms with Gasteiger partial charge in [0.2, 0.25) is 5.95 Å². The number of carbonyl (C=O) groups excluding carboxylic acids is 1. The van der Waals surface area contributed by atoms with Crippen molar-refractivity contribution in [1.82, 2.24) is 15.0 Å². The third-order valence-electron chi connectivity index (χ3n) is 4.53. The number of alkyl halides is 3. The van der Waals surface area contributed by atoms with Gasteiger partial charge >= 0.3 is 6.36 Å². The summed E-state index contributed by atoms with van der Waals surface area (Å²) in [6.07, 6.45) is -2.77. The van der Waals surface area contributed by atoms with Crippen LogP contribution in [-0.4, -0.2) is 27.1 Å². The van der Waals surface area contributed by atoms with E-state index in [1.165, 1.54) is 12.1 Å². The van der Waals surface area contributed by atoms with Gasteiger partial charge in [0.1, 0.15) is 11.2 Å². The van der Waals surface area contributed by atoms with E-state index in [4.69, 9.17) is 5.73 Å². The number of Topliss-reactive ketones (excluding diaryl/α,β-unsaturated/α-hetero) is 1. The first-order valence-corrected chi connectivity index (χ1v) is 8.99. The number of carbonyl (C=O) groups is 1. The molecule has 0 radical (unpaired) electrons. The molecule has 0 spiro atoms. The fraction of sp³-hybridized carbons (Fsp3) is 0.143. The predicted octanol–water partition coefficient (Wildman–Crippen LogP) is 4.47. The summed E-state index contributed by atoms with van der Waals surface area (Å²) in [7, 11) is 0. The molecule has 4 aromatic rings. The normalized spacial score (nSPS) is 11.7. The Labute approximate surface area is 168 Å². The van der Waals surface area contributed by atoms with E-state index in [0.717, 1.165) is 22.5 Å². The average molecular weight is 412 g/mol. The zero-order chi connectivity index (χ0) is 21.3. The van der Waals surface area contributed by atoms with Gasteiger partial charge in [0.05, 0.1) is 5.52 Å². The fourth-order valence-electron chi connectivity index (χ4n) is 3.30. The van der Waals surface area contributed by atoms with Crippen molar-refractivity contribution in [3.63, 3.8) is 0 Å². The van der Waals surface area contributed by atoms with E-state index >= 15 is 0 Å². The summed E-state index contributed by atoms with van der Waals surface area (Å²) in [5.74, 6) is -1.22. The van der Waals surface area contributed by atoms with Crippen LogP contribution in [0.5, 0.6) is 5.75 Å². The summed E-state index contributed by atoms with van der Waals surface area (Å²) in [5.41, 5.74) is 7.12. The molecule has 0 aliphatic heterocycles. The number of anilines is 1. The van der Waals surface area contributed by atoms with Crippen LogP contribution in [0.1, 0.15) is 22.5 Å². The zero-order valence-electron chi connectivity index (χ0n) is 15.5. The standard InChI is InChI=1S/C21H15F3N4O2/c22-21(23,24)30-16-8-2-7-14-18(27-20(25)28-19(14)16)15(29)10-9-13-5-1-4-12-6-3-11-26-17(12)13/h1-8,11H,9-10H2,(H2,25,27,28). The van der Waals surface area contributed by atoms with Gasteiger partial charge in [-0.25, -0.2) is 9.97 Å². The van der Waals surface area contributed by atoms with E-state index in [1.807, 2.05) is 30.3 Å². The van der Waals surface area contributed by atoms with Crippen LogP contribution < -0.4 is 10.5 Å². The van der Waals surface area contributed by atoms with Crippen LogP contribution in [0.2, 0.25) is 0 Å². The number of ketones is 1. The third kappa shape index (κ3) is 4.00. The Morgan fingerprint density at radius 3 is 2.57 bits per heavy atom. The van der Waals surface area contributed by atoms with Crippen molar-refractivity contribution in [3.05, 3.63) is 66.0 Å². The van der Waals surface area contributed by atoms with Gasteiger partial charge in [0.25, 0.3) is 0 Å². The second kappa shape index (κ2) is 7.58. The van der Waals surface area contributed by atoms with Crippen LogP contribution in [-0.2, 0) is 6.42 Å². The van der Waals surface area contributed by atoms with Gasteiger partial charge in [-0.1, -0.05) is 36.4 Å². The number of halogens is 3. The maximum absolute atomic E-state index is 12.9. The second-order valence-corrected chi connectivity index (χ2v) is 6.55. The number of nitrogens with two attached hydrogens (primary N) is 1. The molecular formula is C21H15F3N4O2. The molecule has 0 saturated heterocycles.